The van der Waals surface area contributed by atoms with E-state index < -0.39 is 0 Å². The number of hydrogen-bond donors (Lipinski definition) is 0. The molecule has 0 bridgehead atoms. The minimum Gasteiger partial charge on any atom is -0.462 e. The van der Waals surface area contributed by atoms with Crippen LogP contribution in [0.4, 0.5) is 0 Å². The lowest BCUT2D eigenvalue weighted by molar-refractivity contribution is -0.167. The molecule has 11 atom stereocenters. The number of carbonyl (C=O) groups is 1. The molecule has 3 heteroatoms. The highest BCUT2D eigenvalue weighted by molar-refractivity contribution is 5.74. The van der Waals surface area contributed by atoms with Gasteiger partial charge in [-0.3, -0.25) is 4.79 Å². The third-order valence-corrected chi connectivity index (χ3v) is 14.0. The van der Waals surface area contributed by atoms with E-state index >= 15 is 0 Å². The Morgan fingerprint density at radius 2 is 1.65 bits per heavy atom. The number of fused-ring (bicyclic) bond motifs is 2. The largest absolute Gasteiger partial charge is 0.462 e. The van der Waals surface area contributed by atoms with Crippen LogP contribution in [0.3, 0.4) is 0 Å². The lowest BCUT2D eigenvalue weighted by Gasteiger charge is -2.63. The first-order valence-electron chi connectivity index (χ1n) is 14.7. The van der Waals surface area contributed by atoms with Gasteiger partial charge in [0.2, 0.25) is 0 Å². The quantitative estimate of drug-likeness (QED) is 0.401. The van der Waals surface area contributed by atoms with Crippen molar-refractivity contribution in [3.8, 4) is 0 Å². The summed E-state index contributed by atoms with van der Waals surface area (Å²) in [6.45, 7) is 15.0. The molecule has 5 saturated carbocycles. The lowest BCUT2D eigenvalue weighted by Crippen LogP contribution is -2.57. The zero-order chi connectivity index (χ0) is 24.3. The summed E-state index contributed by atoms with van der Waals surface area (Å²) in [5, 5.41) is 0. The molecule has 6 fully saturated rings. The van der Waals surface area contributed by atoms with E-state index in [0.29, 0.717) is 39.1 Å². The average molecular weight is 471 g/mol. The molecule has 0 aromatic carbocycles. The van der Waals surface area contributed by atoms with Gasteiger partial charge in [0.05, 0.1) is 12.0 Å². The van der Waals surface area contributed by atoms with Gasteiger partial charge in [0.25, 0.3) is 0 Å². The summed E-state index contributed by atoms with van der Waals surface area (Å²) in [5.74, 6) is 3.29. The van der Waals surface area contributed by atoms with Crippen molar-refractivity contribution in [2.24, 2.45) is 56.7 Å². The Balaban J connectivity index is 1.24. The molecule has 0 aromatic rings. The number of esters is 1. The fourth-order valence-electron chi connectivity index (χ4n) is 12.3. The van der Waals surface area contributed by atoms with E-state index in [1.54, 1.807) is 0 Å². The van der Waals surface area contributed by atoms with Crippen LogP contribution in [0.25, 0.3) is 0 Å². The maximum Gasteiger partial charge on any atom is 0.309 e. The van der Waals surface area contributed by atoms with Crippen LogP contribution in [-0.2, 0) is 14.3 Å². The topological polar surface area (TPSA) is 35.5 Å². The third kappa shape index (κ3) is 2.72. The van der Waals surface area contributed by atoms with E-state index in [1.807, 2.05) is 14.0 Å². The van der Waals surface area contributed by atoms with Crippen LogP contribution in [0.2, 0.25) is 0 Å². The summed E-state index contributed by atoms with van der Waals surface area (Å²) in [4.78, 5) is 12.0. The van der Waals surface area contributed by atoms with Gasteiger partial charge < -0.3 is 9.47 Å². The van der Waals surface area contributed by atoms with Crippen LogP contribution in [0.15, 0.2) is 0 Å². The van der Waals surface area contributed by atoms with E-state index in [9.17, 15) is 4.79 Å². The van der Waals surface area contributed by atoms with E-state index in [1.165, 1.54) is 57.8 Å². The van der Waals surface area contributed by atoms with Crippen molar-refractivity contribution in [2.75, 3.05) is 7.11 Å². The predicted octanol–water partition coefficient (Wildman–Crippen LogP) is 7.42. The van der Waals surface area contributed by atoms with Gasteiger partial charge in [0.1, 0.15) is 6.10 Å². The molecule has 11 unspecified atom stereocenters. The fraction of sp³-hybridized carbons (Fsp3) is 0.968. The highest BCUT2D eigenvalue weighted by atomic mass is 16.5. The molecule has 2 spiro atoms. The lowest BCUT2D eigenvalue weighted by atomic mass is 9.41. The first-order chi connectivity index (χ1) is 15.9. The normalized spacial score (nSPS) is 56.0. The monoisotopic (exact) mass is 470 g/mol. The summed E-state index contributed by atoms with van der Waals surface area (Å²) >= 11 is 0. The van der Waals surface area contributed by atoms with Crippen molar-refractivity contribution in [1.82, 2.24) is 0 Å². The maximum atomic E-state index is 12.0. The van der Waals surface area contributed by atoms with Crippen molar-refractivity contribution in [3.05, 3.63) is 0 Å². The molecule has 1 aliphatic heterocycles. The molecule has 192 valence electrons. The van der Waals surface area contributed by atoms with Gasteiger partial charge in [0.15, 0.2) is 0 Å². The van der Waals surface area contributed by atoms with Crippen LogP contribution < -0.4 is 0 Å². The zero-order valence-electron chi connectivity index (χ0n) is 23.0. The van der Waals surface area contributed by atoms with Crippen molar-refractivity contribution in [2.45, 2.75) is 124 Å². The molecule has 1 saturated heterocycles. The summed E-state index contributed by atoms with van der Waals surface area (Å²) in [7, 11) is 1.94. The summed E-state index contributed by atoms with van der Waals surface area (Å²) in [6.07, 6.45) is 15.3. The Labute approximate surface area is 208 Å². The number of cyclic esters (lactones) is 1. The zero-order valence-corrected chi connectivity index (χ0v) is 23.0. The van der Waals surface area contributed by atoms with Crippen LogP contribution in [-0.4, -0.2) is 25.3 Å². The molecule has 6 rings (SSSR count). The Morgan fingerprint density at radius 3 is 2.32 bits per heavy atom. The fourth-order valence-corrected chi connectivity index (χ4v) is 12.3. The molecular formula is C31H50O3. The highest BCUT2D eigenvalue weighted by Gasteiger charge is 2.82. The van der Waals surface area contributed by atoms with Crippen LogP contribution in [0.5, 0.6) is 0 Å². The number of ether oxygens (including phenoxy) is 2. The third-order valence-electron chi connectivity index (χ3n) is 14.0. The first kappa shape index (κ1) is 23.8. The second-order valence-corrected chi connectivity index (χ2v) is 15.1. The Kier molecular flexibility index (Phi) is 5.08. The minimum absolute atomic E-state index is 0.0289. The van der Waals surface area contributed by atoms with Crippen molar-refractivity contribution in [1.29, 1.82) is 0 Å². The number of methoxy groups -OCH3 is 1. The second kappa shape index (κ2) is 7.26. The van der Waals surface area contributed by atoms with E-state index in [0.717, 1.165) is 30.6 Å². The Bertz CT molecular complexity index is 865. The van der Waals surface area contributed by atoms with Crippen molar-refractivity contribution in [3.63, 3.8) is 0 Å². The van der Waals surface area contributed by atoms with Gasteiger partial charge in [-0.15, -0.1) is 0 Å². The van der Waals surface area contributed by atoms with Gasteiger partial charge in [-0.05, 0) is 121 Å². The summed E-state index contributed by atoms with van der Waals surface area (Å²) in [6, 6.07) is 0. The van der Waals surface area contributed by atoms with Crippen LogP contribution in [0.1, 0.15) is 112 Å². The van der Waals surface area contributed by atoms with Crippen molar-refractivity contribution >= 4 is 5.97 Å². The molecule has 3 nitrogen and oxygen atoms in total. The Morgan fingerprint density at radius 1 is 0.941 bits per heavy atom. The standard InChI is InChI=1S/C31H50O3/c1-19(16-21-17-20(2)26(32)34-21)22-10-12-29(6)24-9-8-23-27(3,4)25(33-7)11-13-30(23)18-31(24,30)15-14-28(22,29)5/h19-25H,8-18H2,1-7H3. The van der Waals surface area contributed by atoms with E-state index in [-0.39, 0.29) is 18.0 Å². The molecular weight excluding hydrogens is 420 g/mol. The molecule has 34 heavy (non-hydrogen) atoms. The predicted molar refractivity (Wildman–Crippen MR) is 135 cm³/mol. The second-order valence-electron chi connectivity index (χ2n) is 15.1. The molecule has 0 aromatic heterocycles. The van der Waals surface area contributed by atoms with Gasteiger partial charge in [0, 0.05) is 7.11 Å². The molecule has 0 amide bonds. The maximum absolute atomic E-state index is 12.0. The van der Waals surface area contributed by atoms with Gasteiger partial charge in [-0.2, -0.15) is 0 Å². The van der Waals surface area contributed by atoms with Crippen LogP contribution >= 0.6 is 0 Å². The number of hydrogen-bond acceptors (Lipinski definition) is 3. The van der Waals surface area contributed by atoms with E-state index in [2.05, 4.69) is 34.6 Å². The molecule has 6 aliphatic rings. The van der Waals surface area contributed by atoms with Crippen molar-refractivity contribution < 1.29 is 14.3 Å². The molecule has 5 aliphatic carbocycles. The average Bonchev–Trinajstić information content (AvgIpc) is 3.21. The van der Waals surface area contributed by atoms with Crippen LogP contribution in [0, 0.1) is 56.7 Å². The molecule has 1 heterocycles. The highest BCUT2D eigenvalue weighted by Crippen LogP contribution is 2.89. The number of carbonyl (C=O) groups excluding carboxylic acids is 1. The van der Waals surface area contributed by atoms with Gasteiger partial charge >= 0.3 is 5.97 Å². The molecule has 0 radical (unpaired) electrons. The molecule has 0 N–H and O–H groups in total. The number of rotatable bonds is 4. The van der Waals surface area contributed by atoms with Gasteiger partial charge in [-0.1, -0.05) is 41.5 Å². The van der Waals surface area contributed by atoms with E-state index in [4.69, 9.17) is 9.47 Å². The summed E-state index contributed by atoms with van der Waals surface area (Å²) in [5.41, 5.74) is 2.45. The van der Waals surface area contributed by atoms with Gasteiger partial charge in [-0.25, -0.2) is 0 Å². The Hall–Kier alpha value is -0.570. The smallest absolute Gasteiger partial charge is 0.309 e. The minimum atomic E-state index is 0.0289. The SMILES string of the molecule is COC1CCC23CC24CCC2(C)C(C(C)CC5CC(C)C(=O)O5)CCC2(C)C4CCC3C1(C)C. The first-order valence-corrected chi connectivity index (χ1v) is 14.7. The summed E-state index contributed by atoms with van der Waals surface area (Å²) < 4.78 is 11.8.